The first-order valence-corrected chi connectivity index (χ1v) is 9.48. The van der Waals surface area contributed by atoms with Crippen molar-refractivity contribution in [3.63, 3.8) is 0 Å². The second-order valence-corrected chi connectivity index (χ2v) is 7.83. The number of fused-ring (bicyclic) bond motifs is 1. The number of hydrogen-bond donors (Lipinski definition) is 0. The molecular weight excluding hydrogens is 358 g/mol. The normalized spacial score (nSPS) is 13.8. The molecule has 0 unspecified atom stereocenters. The molecule has 3 rings (SSSR count). The van der Waals surface area contributed by atoms with Gasteiger partial charge in [0.2, 0.25) is 5.91 Å². The molecule has 2 aromatic rings. The lowest BCUT2D eigenvalue weighted by Crippen LogP contribution is -2.42. The molecule has 150 valence electrons. The Kier molecular flexibility index (Phi) is 5.45. The number of ether oxygens (including phenoxy) is 2. The van der Waals surface area contributed by atoms with Gasteiger partial charge in [0.15, 0.2) is 5.69 Å². The van der Waals surface area contributed by atoms with E-state index >= 15 is 0 Å². The van der Waals surface area contributed by atoms with Gasteiger partial charge in [-0.1, -0.05) is 20.8 Å². The summed E-state index contributed by atoms with van der Waals surface area (Å²) in [5, 5.41) is 4.56. The molecule has 0 atom stereocenters. The van der Waals surface area contributed by atoms with E-state index in [1.54, 1.807) is 23.6 Å². The highest BCUT2D eigenvalue weighted by molar-refractivity contribution is 5.90. The molecule has 0 saturated carbocycles. The third kappa shape index (κ3) is 3.74. The van der Waals surface area contributed by atoms with E-state index in [4.69, 9.17) is 9.47 Å². The Hall–Kier alpha value is -2.83. The molecule has 0 spiro atoms. The molecule has 0 N–H and O–H groups in total. The molecule has 1 aliphatic rings. The van der Waals surface area contributed by atoms with Crippen molar-refractivity contribution in [3.05, 3.63) is 41.2 Å². The van der Waals surface area contributed by atoms with Crippen LogP contribution in [0.4, 0.5) is 0 Å². The number of carbonyl (C=O) groups is 2. The highest BCUT2D eigenvalue weighted by Gasteiger charge is 2.34. The maximum Gasteiger partial charge on any atom is 0.359 e. The number of amides is 1. The summed E-state index contributed by atoms with van der Waals surface area (Å²) in [4.78, 5) is 27.1. The fourth-order valence-corrected chi connectivity index (χ4v) is 3.37. The largest absolute Gasteiger partial charge is 0.497 e. The first-order valence-electron chi connectivity index (χ1n) is 9.48. The van der Waals surface area contributed by atoms with E-state index in [-0.39, 0.29) is 18.2 Å². The first kappa shape index (κ1) is 19.9. The number of nitrogens with zero attached hydrogens (tertiary/aromatic N) is 3. The van der Waals surface area contributed by atoms with Gasteiger partial charge in [0.1, 0.15) is 5.75 Å². The van der Waals surface area contributed by atoms with Crippen molar-refractivity contribution in [1.82, 2.24) is 14.7 Å². The molecule has 7 heteroatoms. The summed E-state index contributed by atoms with van der Waals surface area (Å²) in [7, 11) is 1.62. The van der Waals surface area contributed by atoms with Crippen LogP contribution in [0.2, 0.25) is 0 Å². The van der Waals surface area contributed by atoms with Crippen LogP contribution in [-0.4, -0.2) is 46.8 Å². The molecule has 28 heavy (non-hydrogen) atoms. The summed E-state index contributed by atoms with van der Waals surface area (Å²) in [6, 6.07) is 7.50. The van der Waals surface area contributed by atoms with Crippen LogP contribution in [0.3, 0.4) is 0 Å². The van der Waals surface area contributed by atoms with E-state index < -0.39 is 11.4 Å². The van der Waals surface area contributed by atoms with Gasteiger partial charge in [-0.25, -0.2) is 9.48 Å². The summed E-state index contributed by atoms with van der Waals surface area (Å²) in [5.41, 5.74) is 2.33. The summed E-state index contributed by atoms with van der Waals surface area (Å²) >= 11 is 0. The van der Waals surface area contributed by atoms with E-state index in [0.717, 1.165) is 22.7 Å². The van der Waals surface area contributed by atoms with Gasteiger partial charge in [0.05, 0.1) is 25.1 Å². The van der Waals surface area contributed by atoms with Gasteiger partial charge >= 0.3 is 5.97 Å². The fraction of sp³-hybridized carbons (Fsp3) is 0.476. The fourth-order valence-electron chi connectivity index (χ4n) is 3.37. The minimum atomic E-state index is -0.479. The minimum absolute atomic E-state index is 0.0603. The number of aromatic nitrogens is 2. The predicted octanol–water partition coefficient (Wildman–Crippen LogP) is 2.99. The Morgan fingerprint density at radius 3 is 2.43 bits per heavy atom. The third-order valence-electron chi connectivity index (χ3n) is 4.77. The number of methoxy groups -OCH3 is 1. The average molecular weight is 385 g/mol. The number of esters is 1. The Morgan fingerprint density at radius 1 is 1.18 bits per heavy atom. The van der Waals surface area contributed by atoms with Gasteiger partial charge in [-0.3, -0.25) is 4.79 Å². The van der Waals surface area contributed by atoms with Crippen LogP contribution < -0.4 is 4.74 Å². The lowest BCUT2D eigenvalue weighted by atomic mass is 9.93. The highest BCUT2D eigenvalue weighted by atomic mass is 16.5. The lowest BCUT2D eigenvalue weighted by molar-refractivity contribution is -0.140. The van der Waals surface area contributed by atoms with Crippen molar-refractivity contribution >= 4 is 11.9 Å². The molecule has 7 nitrogen and oxygen atoms in total. The first-order chi connectivity index (χ1) is 13.3. The molecule has 1 aromatic carbocycles. The summed E-state index contributed by atoms with van der Waals surface area (Å²) in [5.74, 6) is 0.346. The van der Waals surface area contributed by atoms with Crippen LogP contribution in [0.5, 0.6) is 5.75 Å². The van der Waals surface area contributed by atoms with Crippen LogP contribution in [-0.2, 0) is 22.5 Å². The number of hydrogen-bond acceptors (Lipinski definition) is 5. The van der Waals surface area contributed by atoms with E-state index in [9.17, 15) is 9.59 Å². The maximum atomic E-state index is 12.8. The highest BCUT2D eigenvalue weighted by Crippen LogP contribution is 2.29. The molecule has 2 heterocycles. The van der Waals surface area contributed by atoms with Crippen LogP contribution in [0, 0.1) is 5.41 Å². The van der Waals surface area contributed by atoms with Crippen molar-refractivity contribution in [2.24, 2.45) is 5.41 Å². The van der Waals surface area contributed by atoms with Gasteiger partial charge in [0, 0.05) is 30.5 Å². The molecule has 0 saturated heterocycles. The zero-order valence-corrected chi connectivity index (χ0v) is 17.1. The van der Waals surface area contributed by atoms with Gasteiger partial charge in [-0.05, 0) is 31.2 Å². The van der Waals surface area contributed by atoms with Crippen molar-refractivity contribution < 1.29 is 19.1 Å². The monoisotopic (exact) mass is 385 g/mol. The SMILES string of the molecule is CCOC(=O)c1nn(-c2ccc(OC)cc2)c2c1CN(C(=O)C(C)(C)C)CC2. The van der Waals surface area contributed by atoms with Gasteiger partial charge in [0.25, 0.3) is 0 Å². The number of rotatable bonds is 4. The van der Waals surface area contributed by atoms with Crippen LogP contribution in [0.15, 0.2) is 24.3 Å². The molecule has 1 aromatic heterocycles. The quantitative estimate of drug-likeness (QED) is 0.757. The van der Waals surface area contributed by atoms with Crippen molar-refractivity contribution in [3.8, 4) is 11.4 Å². The van der Waals surface area contributed by atoms with E-state index in [1.807, 2.05) is 45.0 Å². The van der Waals surface area contributed by atoms with Crippen molar-refractivity contribution in [2.45, 2.75) is 40.7 Å². The van der Waals surface area contributed by atoms with Crippen molar-refractivity contribution in [1.29, 1.82) is 0 Å². The second-order valence-electron chi connectivity index (χ2n) is 7.83. The molecule has 0 aliphatic carbocycles. The van der Waals surface area contributed by atoms with Gasteiger partial charge in [-0.15, -0.1) is 0 Å². The Labute approximate surface area is 165 Å². The summed E-state index contributed by atoms with van der Waals surface area (Å²) in [6.07, 6.45) is 0.621. The molecule has 0 fully saturated rings. The van der Waals surface area contributed by atoms with Gasteiger partial charge < -0.3 is 14.4 Å². The minimum Gasteiger partial charge on any atom is -0.497 e. The van der Waals surface area contributed by atoms with E-state index in [1.165, 1.54) is 0 Å². The Bertz CT molecular complexity index is 878. The van der Waals surface area contributed by atoms with Crippen LogP contribution in [0.1, 0.15) is 49.4 Å². The topological polar surface area (TPSA) is 73.7 Å². The van der Waals surface area contributed by atoms with Crippen molar-refractivity contribution in [2.75, 3.05) is 20.3 Å². The smallest absolute Gasteiger partial charge is 0.359 e. The Morgan fingerprint density at radius 2 is 1.86 bits per heavy atom. The molecule has 0 radical (unpaired) electrons. The zero-order chi connectivity index (χ0) is 20.5. The molecular formula is C21H27N3O4. The second kappa shape index (κ2) is 7.66. The van der Waals surface area contributed by atoms with E-state index in [2.05, 4.69) is 5.10 Å². The summed E-state index contributed by atoms with van der Waals surface area (Å²) in [6.45, 7) is 8.69. The van der Waals surface area contributed by atoms with Crippen LogP contribution >= 0.6 is 0 Å². The number of benzene rings is 1. The third-order valence-corrected chi connectivity index (χ3v) is 4.77. The summed E-state index contributed by atoms with van der Waals surface area (Å²) < 4.78 is 12.2. The lowest BCUT2D eigenvalue weighted by Gasteiger charge is -2.32. The van der Waals surface area contributed by atoms with E-state index in [0.29, 0.717) is 19.5 Å². The van der Waals surface area contributed by atoms with Gasteiger partial charge in [-0.2, -0.15) is 5.10 Å². The Balaban J connectivity index is 2.03. The van der Waals surface area contributed by atoms with Crippen LogP contribution in [0.25, 0.3) is 5.69 Å². The molecule has 1 aliphatic heterocycles. The number of carbonyl (C=O) groups excluding carboxylic acids is 2. The molecule has 0 bridgehead atoms. The standard InChI is InChI=1S/C21H27N3O4/c1-6-28-19(25)18-16-13-23(20(26)21(2,3)4)12-11-17(16)24(22-18)14-7-9-15(27-5)10-8-14/h7-10H,6,11-13H2,1-5H3. The maximum absolute atomic E-state index is 12.8. The molecule has 1 amide bonds. The predicted molar refractivity (Wildman–Crippen MR) is 105 cm³/mol. The average Bonchev–Trinajstić information content (AvgIpc) is 3.06. The zero-order valence-electron chi connectivity index (χ0n) is 17.1.